The van der Waals surface area contributed by atoms with Crippen LogP contribution in [0.3, 0.4) is 0 Å². The number of benzene rings is 5. The molecule has 1 fully saturated rings. The van der Waals surface area contributed by atoms with E-state index in [1.165, 1.54) is 12.1 Å². The molecule has 0 spiro atoms. The standard InChI is InChI=1S/C44H48N2O7S2/c1-30-12-22-38(23-13-30)55(50,51)46-40(26-32-8-4-3-5-9-32)43(49)45-27-37-10-6-7-11-39(37)34-18-20-36(21-19-34)44-52-41(29-54-25-24-47)31(2)42(53-44)35-16-14-33(28-48)15-17-35/h3-23,31,40-42,44,46-48H,24-29H2,1-2H3,(H,45,49)/t31-,40-,41+,42+,44+/m1/s1. The van der Waals surface area contributed by atoms with Gasteiger partial charge in [0, 0.05) is 29.5 Å². The van der Waals surface area contributed by atoms with E-state index in [1.807, 2.05) is 110 Å². The molecule has 5 atom stereocenters. The summed E-state index contributed by atoms with van der Waals surface area (Å²) < 4.78 is 42.6. The fourth-order valence-electron chi connectivity index (χ4n) is 6.67. The zero-order valence-electron chi connectivity index (χ0n) is 31.0. The first-order valence-corrected chi connectivity index (χ1v) is 21.1. The molecule has 0 radical (unpaired) electrons. The van der Waals surface area contributed by atoms with Crippen LogP contribution in [-0.4, -0.2) is 54.8 Å². The van der Waals surface area contributed by atoms with Gasteiger partial charge < -0.3 is 25.0 Å². The SMILES string of the molecule is Cc1ccc(S(=O)(=O)N[C@H](Cc2ccccc2)C(=O)NCc2ccccc2-c2ccc([C@H]3O[C@@H](CSCCO)[C@@H](C)[C@@H](c4ccc(CO)cc4)O3)cc2)cc1. The highest BCUT2D eigenvalue weighted by Gasteiger charge is 2.38. The van der Waals surface area contributed by atoms with Crippen molar-refractivity contribution in [1.82, 2.24) is 10.0 Å². The molecule has 9 nitrogen and oxygen atoms in total. The summed E-state index contributed by atoms with van der Waals surface area (Å²) in [6.07, 6.45) is -0.788. The first-order valence-electron chi connectivity index (χ1n) is 18.4. The lowest BCUT2D eigenvalue weighted by atomic mass is 9.91. The largest absolute Gasteiger partial charge is 0.396 e. The van der Waals surface area contributed by atoms with Gasteiger partial charge in [0.05, 0.1) is 30.3 Å². The van der Waals surface area contributed by atoms with Crippen molar-refractivity contribution in [2.45, 2.75) is 62.9 Å². The molecule has 55 heavy (non-hydrogen) atoms. The zero-order valence-corrected chi connectivity index (χ0v) is 32.6. The van der Waals surface area contributed by atoms with Gasteiger partial charge in [-0.15, -0.1) is 0 Å². The van der Waals surface area contributed by atoms with Gasteiger partial charge in [-0.3, -0.25) is 4.79 Å². The molecule has 0 aromatic heterocycles. The minimum Gasteiger partial charge on any atom is -0.396 e. The van der Waals surface area contributed by atoms with Crippen molar-refractivity contribution in [3.05, 3.63) is 161 Å². The molecule has 11 heteroatoms. The minimum atomic E-state index is -3.98. The molecule has 0 bridgehead atoms. The number of aliphatic hydroxyl groups excluding tert-OH is 2. The molecule has 1 saturated heterocycles. The number of hydrogen-bond acceptors (Lipinski definition) is 8. The summed E-state index contributed by atoms with van der Waals surface area (Å²) in [5.41, 5.74) is 7.20. The molecule has 6 rings (SSSR count). The third-order valence-electron chi connectivity index (χ3n) is 9.83. The average molecular weight is 781 g/mol. The van der Waals surface area contributed by atoms with E-state index in [4.69, 9.17) is 9.47 Å². The lowest BCUT2D eigenvalue weighted by molar-refractivity contribution is -0.268. The van der Waals surface area contributed by atoms with Crippen LogP contribution in [0.5, 0.6) is 0 Å². The van der Waals surface area contributed by atoms with Gasteiger partial charge in [0.25, 0.3) is 0 Å². The fraction of sp³-hybridized carbons (Fsp3) is 0.295. The molecule has 4 N–H and O–H groups in total. The molecule has 5 aromatic carbocycles. The van der Waals surface area contributed by atoms with Crippen LogP contribution in [0.2, 0.25) is 0 Å². The summed E-state index contributed by atoms with van der Waals surface area (Å²) in [6, 6.07) is 38.4. The molecule has 0 unspecified atom stereocenters. The smallest absolute Gasteiger partial charge is 0.241 e. The maximum absolute atomic E-state index is 13.8. The summed E-state index contributed by atoms with van der Waals surface area (Å²) in [7, 11) is -3.98. The van der Waals surface area contributed by atoms with Crippen molar-refractivity contribution in [2.75, 3.05) is 18.1 Å². The average Bonchev–Trinajstić information content (AvgIpc) is 3.21. The number of thioether (sulfide) groups is 1. The van der Waals surface area contributed by atoms with Gasteiger partial charge in [-0.2, -0.15) is 16.5 Å². The minimum absolute atomic E-state index is 0.0276. The first kappa shape index (κ1) is 40.3. The van der Waals surface area contributed by atoms with E-state index in [1.54, 1.807) is 23.9 Å². The van der Waals surface area contributed by atoms with Crippen molar-refractivity contribution in [3.8, 4) is 11.1 Å². The third-order valence-corrected chi connectivity index (χ3v) is 12.4. The van der Waals surface area contributed by atoms with Crippen molar-refractivity contribution < 1.29 is 32.9 Å². The van der Waals surface area contributed by atoms with Crippen LogP contribution < -0.4 is 10.0 Å². The number of rotatable bonds is 16. The number of aryl methyl sites for hydroxylation is 1. The molecule has 288 valence electrons. The van der Waals surface area contributed by atoms with E-state index in [0.717, 1.165) is 44.5 Å². The second kappa shape index (κ2) is 19.0. The van der Waals surface area contributed by atoms with E-state index in [9.17, 15) is 23.4 Å². The normalized spacial score (nSPS) is 19.1. The highest BCUT2D eigenvalue weighted by atomic mass is 32.2. The Bertz CT molecular complexity index is 2100. The molecular weight excluding hydrogens is 733 g/mol. The van der Waals surface area contributed by atoms with Crippen LogP contribution in [0, 0.1) is 12.8 Å². The highest BCUT2D eigenvalue weighted by Crippen LogP contribution is 2.42. The van der Waals surface area contributed by atoms with E-state index >= 15 is 0 Å². The Morgan fingerprint density at radius 2 is 1.47 bits per heavy atom. The number of carbonyl (C=O) groups is 1. The third kappa shape index (κ3) is 10.5. The Morgan fingerprint density at radius 3 is 2.16 bits per heavy atom. The summed E-state index contributed by atoms with van der Waals surface area (Å²) in [6.45, 7) is 4.26. The predicted molar refractivity (Wildman–Crippen MR) is 217 cm³/mol. The maximum Gasteiger partial charge on any atom is 0.241 e. The summed E-state index contributed by atoms with van der Waals surface area (Å²) in [5, 5.41) is 21.9. The summed E-state index contributed by atoms with van der Waals surface area (Å²) in [5.74, 6) is 0.954. The lowest BCUT2D eigenvalue weighted by Crippen LogP contribution is -2.47. The topological polar surface area (TPSA) is 134 Å². The quantitative estimate of drug-likeness (QED) is 0.0798. The van der Waals surface area contributed by atoms with E-state index in [-0.39, 0.29) is 49.2 Å². The number of nitrogens with one attached hydrogen (secondary N) is 2. The zero-order chi connectivity index (χ0) is 38.8. The van der Waals surface area contributed by atoms with Crippen LogP contribution in [0.4, 0.5) is 0 Å². The van der Waals surface area contributed by atoms with Gasteiger partial charge in [0.2, 0.25) is 15.9 Å². The summed E-state index contributed by atoms with van der Waals surface area (Å²) in [4.78, 5) is 13.9. The molecule has 0 aliphatic carbocycles. The number of carbonyl (C=O) groups excluding carboxylic acids is 1. The van der Waals surface area contributed by atoms with Crippen LogP contribution in [-0.2, 0) is 43.9 Å². The van der Waals surface area contributed by atoms with E-state index < -0.39 is 28.3 Å². The Morgan fingerprint density at radius 1 is 0.800 bits per heavy atom. The Kier molecular flexibility index (Phi) is 13.9. The molecule has 1 amide bonds. The van der Waals surface area contributed by atoms with Crippen molar-refractivity contribution in [1.29, 1.82) is 0 Å². The fourth-order valence-corrected chi connectivity index (χ4v) is 8.77. The summed E-state index contributed by atoms with van der Waals surface area (Å²) >= 11 is 1.65. The number of amides is 1. The van der Waals surface area contributed by atoms with Gasteiger partial charge in [0.1, 0.15) is 6.04 Å². The van der Waals surface area contributed by atoms with Gasteiger partial charge in [0.15, 0.2) is 6.29 Å². The van der Waals surface area contributed by atoms with Gasteiger partial charge in [-0.05, 0) is 58.9 Å². The van der Waals surface area contributed by atoms with Crippen molar-refractivity contribution >= 4 is 27.7 Å². The molecule has 1 heterocycles. The number of sulfonamides is 1. The van der Waals surface area contributed by atoms with Crippen molar-refractivity contribution in [3.63, 3.8) is 0 Å². The van der Waals surface area contributed by atoms with Gasteiger partial charge in [-0.1, -0.05) is 128 Å². The molecule has 1 aliphatic rings. The maximum atomic E-state index is 13.8. The lowest BCUT2D eigenvalue weighted by Gasteiger charge is -2.41. The van der Waals surface area contributed by atoms with E-state index in [2.05, 4.69) is 17.0 Å². The van der Waals surface area contributed by atoms with E-state index in [0.29, 0.717) is 11.5 Å². The number of ether oxygens (including phenoxy) is 2. The molecule has 0 saturated carbocycles. The second-order valence-electron chi connectivity index (χ2n) is 13.8. The van der Waals surface area contributed by atoms with Crippen molar-refractivity contribution in [2.24, 2.45) is 5.92 Å². The van der Waals surface area contributed by atoms with Crippen LogP contribution >= 0.6 is 11.8 Å². The highest BCUT2D eigenvalue weighted by molar-refractivity contribution is 7.99. The second-order valence-corrected chi connectivity index (χ2v) is 16.7. The Balaban J connectivity index is 1.18. The van der Waals surface area contributed by atoms with Crippen LogP contribution in [0.25, 0.3) is 11.1 Å². The Hall–Kier alpha value is -4.33. The molecular formula is C44H48N2O7S2. The van der Waals surface area contributed by atoms with Gasteiger partial charge >= 0.3 is 0 Å². The first-order chi connectivity index (χ1) is 26.6. The molecule has 1 aliphatic heterocycles. The molecule has 5 aromatic rings. The monoisotopic (exact) mass is 780 g/mol. The van der Waals surface area contributed by atoms with Crippen LogP contribution in [0.1, 0.15) is 52.7 Å². The van der Waals surface area contributed by atoms with Crippen LogP contribution in [0.15, 0.2) is 132 Å². The number of hydrogen-bond donors (Lipinski definition) is 4. The number of aliphatic hydroxyl groups is 2. The predicted octanol–water partition coefficient (Wildman–Crippen LogP) is 6.88. The van der Waals surface area contributed by atoms with Gasteiger partial charge in [-0.25, -0.2) is 8.42 Å². The Labute approximate surface area is 328 Å².